The molecule has 5 aromatic rings. The highest BCUT2D eigenvalue weighted by Crippen LogP contribution is 2.18. The quantitative estimate of drug-likeness (QED) is 0.316. The van der Waals surface area contributed by atoms with Gasteiger partial charge in [0.25, 0.3) is 11.5 Å². The van der Waals surface area contributed by atoms with Gasteiger partial charge in [-0.3, -0.25) is 19.0 Å². The maximum absolute atomic E-state index is 13.5. The molecule has 2 heterocycles. The summed E-state index contributed by atoms with van der Waals surface area (Å²) < 4.78 is 21.5. The predicted molar refractivity (Wildman–Crippen MR) is 140 cm³/mol. The first kappa shape index (κ1) is 24.6. The Bertz CT molecular complexity index is 1660. The molecule has 9 heteroatoms. The van der Waals surface area contributed by atoms with Gasteiger partial charge in [-0.05, 0) is 48.0 Å². The molecule has 1 unspecified atom stereocenters. The summed E-state index contributed by atoms with van der Waals surface area (Å²) in [6.45, 7) is 0.470. The molecule has 0 bridgehead atoms. The summed E-state index contributed by atoms with van der Waals surface area (Å²) in [5, 5.41) is 2.64. The third-order valence-electron chi connectivity index (χ3n) is 6.18. The Morgan fingerprint density at radius 3 is 2.34 bits per heavy atom. The smallest absolute Gasteiger partial charge is 0.280 e. The molecule has 3 aromatic carbocycles. The van der Waals surface area contributed by atoms with E-state index in [1.165, 1.54) is 18.3 Å². The van der Waals surface area contributed by atoms with Gasteiger partial charge in [-0.15, -0.1) is 0 Å². The van der Waals surface area contributed by atoms with Crippen LogP contribution in [-0.2, 0) is 6.54 Å². The van der Waals surface area contributed by atoms with Gasteiger partial charge in [0.2, 0.25) is 5.78 Å². The molecule has 0 radical (unpaired) electrons. The van der Waals surface area contributed by atoms with Crippen LogP contribution in [0.3, 0.4) is 0 Å². The van der Waals surface area contributed by atoms with Crippen molar-refractivity contribution in [3.63, 3.8) is 0 Å². The predicted octanol–water partition coefficient (Wildman–Crippen LogP) is 4.21. The number of amides is 1. The Morgan fingerprint density at radius 1 is 0.947 bits per heavy atom. The van der Waals surface area contributed by atoms with Crippen molar-refractivity contribution in [2.45, 2.75) is 12.7 Å². The Balaban J connectivity index is 1.51. The summed E-state index contributed by atoms with van der Waals surface area (Å²) in [5.74, 6) is -0.870. The molecular weight excluding hydrogens is 487 g/mol. The van der Waals surface area contributed by atoms with Gasteiger partial charge >= 0.3 is 0 Å². The molecule has 5 rings (SSSR count). The molecule has 190 valence electrons. The Kier molecular flexibility index (Phi) is 6.82. The Morgan fingerprint density at radius 2 is 1.66 bits per heavy atom. The molecule has 1 N–H and O–H groups in total. The van der Waals surface area contributed by atoms with Gasteiger partial charge in [-0.2, -0.15) is 0 Å². The summed E-state index contributed by atoms with van der Waals surface area (Å²) in [4.78, 5) is 44.3. The van der Waals surface area contributed by atoms with Gasteiger partial charge in [0.1, 0.15) is 11.6 Å². The number of ether oxygens (including phenoxy) is 1. The highest BCUT2D eigenvalue weighted by atomic mass is 19.1. The van der Waals surface area contributed by atoms with Crippen molar-refractivity contribution in [3.05, 3.63) is 130 Å². The van der Waals surface area contributed by atoms with Gasteiger partial charge in [0, 0.05) is 23.9 Å². The number of carbonyl (C=O) groups is 2. The molecular formula is C29H23FN4O4. The van der Waals surface area contributed by atoms with Crippen molar-refractivity contribution >= 4 is 22.7 Å². The number of hydrogen-bond acceptors (Lipinski definition) is 5. The highest BCUT2D eigenvalue weighted by Gasteiger charge is 2.26. The van der Waals surface area contributed by atoms with Crippen molar-refractivity contribution in [2.24, 2.45) is 0 Å². The third-order valence-corrected chi connectivity index (χ3v) is 6.18. The number of ketones is 1. The maximum atomic E-state index is 13.5. The number of benzene rings is 3. The first-order valence-electron chi connectivity index (χ1n) is 11.8. The van der Waals surface area contributed by atoms with E-state index in [-0.39, 0.29) is 11.1 Å². The van der Waals surface area contributed by atoms with Crippen LogP contribution in [0, 0.1) is 5.82 Å². The van der Waals surface area contributed by atoms with Crippen LogP contribution in [-0.4, -0.2) is 32.9 Å². The van der Waals surface area contributed by atoms with E-state index in [0.29, 0.717) is 17.6 Å². The largest absolute Gasteiger partial charge is 0.497 e. The minimum absolute atomic E-state index is 0.148. The first-order valence-corrected chi connectivity index (χ1v) is 11.8. The molecule has 2 aromatic heterocycles. The highest BCUT2D eigenvalue weighted by molar-refractivity contribution is 6.03. The van der Waals surface area contributed by atoms with E-state index in [9.17, 15) is 18.8 Å². The van der Waals surface area contributed by atoms with Crippen LogP contribution in [0.15, 0.2) is 102 Å². The topological polar surface area (TPSA) is 95.2 Å². The summed E-state index contributed by atoms with van der Waals surface area (Å²) in [7, 11) is 1.60. The number of nitrogens with one attached hydrogen (secondary N) is 1. The number of methoxy groups -OCH3 is 1. The van der Waals surface area contributed by atoms with E-state index >= 15 is 0 Å². The molecule has 0 spiro atoms. The SMILES string of the molecule is COc1ccc(Cn2cnc3c(=O)n(C(NC(=O)c4ccc(F)cc4)C(=O)c4ccccc4)ccc32)cc1. The van der Waals surface area contributed by atoms with Crippen molar-refractivity contribution < 1.29 is 18.7 Å². The lowest BCUT2D eigenvalue weighted by Gasteiger charge is -2.20. The molecule has 0 aliphatic heterocycles. The summed E-state index contributed by atoms with van der Waals surface area (Å²) in [5.41, 5.74) is 1.65. The second-order valence-electron chi connectivity index (χ2n) is 8.60. The van der Waals surface area contributed by atoms with Gasteiger partial charge in [0.05, 0.1) is 19.0 Å². The molecule has 38 heavy (non-hydrogen) atoms. The van der Waals surface area contributed by atoms with E-state index < -0.39 is 29.2 Å². The van der Waals surface area contributed by atoms with E-state index in [0.717, 1.165) is 28.0 Å². The molecule has 0 aliphatic rings. The standard InChI is InChI=1S/C29H23FN4O4/c1-38-23-13-7-19(8-14-23)17-33-18-31-25-24(33)15-16-34(29(25)37)27(26(35)20-5-3-2-4-6-20)32-28(36)21-9-11-22(30)12-10-21/h2-16,18,27H,17H2,1H3,(H,32,36). The molecule has 0 saturated heterocycles. The van der Waals surface area contributed by atoms with Gasteiger partial charge in [-0.25, -0.2) is 9.37 Å². The number of nitrogens with zero attached hydrogens (tertiary/aromatic N) is 3. The second-order valence-corrected chi connectivity index (χ2v) is 8.60. The summed E-state index contributed by atoms with van der Waals surface area (Å²) >= 11 is 0. The number of hydrogen-bond donors (Lipinski definition) is 1. The fourth-order valence-corrected chi connectivity index (χ4v) is 4.16. The van der Waals surface area contributed by atoms with E-state index in [2.05, 4.69) is 10.3 Å². The average Bonchev–Trinajstić information content (AvgIpc) is 3.36. The van der Waals surface area contributed by atoms with E-state index in [1.807, 2.05) is 28.8 Å². The first-order chi connectivity index (χ1) is 18.4. The van der Waals surface area contributed by atoms with Gasteiger partial charge < -0.3 is 14.6 Å². The fraction of sp³-hybridized carbons (Fsp3) is 0.103. The summed E-state index contributed by atoms with van der Waals surface area (Å²) in [6, 6.07) is 22.5. The fourth-order valence-electron chi connectivity index (χ4n) is 4.16. The lowest BCUT2D eigenvalue weighted by molar-refractivity contribution is 0.0813. The van der Waals surface area contributed by atoms with Crippen molar-refractivity contribution in [2.75, 3.05) is 7.11 Å². The number of aromatic nitrogens is 3. The van der Waals surface area contributed by atoms with Crippen LogP contribution >= 0.6 is 0 Å². The van der Waals surface area contributed by atoms with Crippen LogP contribution in [0.2, 0.25) is 0 Å². The van der Waals surface area contributed by atoms with Crippen LogP contribution in [0.1, 0.15) is 32.4 Å². The van der Waals surface area contributed by atoms with Gasteiger partial charge in [0.15, 0.2) is 11.7 Å². The van der Waals surface area contributed by atoms with Gasteiger partial charge in [-0.1, -0.05) is 42.5 Å². The van der Waals surface area contributed by atoms with E-state index in [4.69, 9.17) is 4.74 Å². The van der Waals surface area contributed by atoms with E-state index in [1.54, 1.807) is 49.8 Å². The number of pyridine rings is 1. The number of carbonyl (C=O) groups excluding carboxylic acids is 2. The molecule has 8 nitrogen and oxygen atoms in total. The van der Waals surface area contributed by atoms with Crippen LogP contribution in [0.4, 0.5) is 4.39 Å². The Hall–Kier alpha value is -5.05. The Labute approximate surface area is 216 Å². The van der Waals surface area contributed by atoms with Crippen molar-refractivity contribution in [3.8, 4) is 5.75 Å². The van der Waals surface area contributed by atoms with Crippen molar-refractivity contribution in [1.82, 2.24) is 19.4 Å². The normalized spacial score (nSPS) is 11.7. The second kappa shape index (κ2) is 10.5. The number of halogens is 1. The lowest BCUT2D eigenvalue weighted by atomic mass is 10.1. The zero-order valence-corrected chi connectivity index (χ0v) is 20.4. The average molecular weight is 511 g/mol. The maximum Gasteiger partial charge on any atom is 0.280 e. The van der Waals surface area contributed by atoms with Crippen LogP contribution < -0.4 is 15.6 Å². The third kappa shape index (κ3) is 4.94. The number of fused-ring (bicyclic) bond motifs is 1. The van der Waals surface area contributed by atoms with Crippen LogP contribution in [0.25, 0.3) is 11.0 Å². The zero-order chi connectivity index (χ0) is 26.6. The number of rotatable bonds is 8. The van der Waals surface area contributed by atoms with Crippen LogP contribution in [0.5, 0.6) is 5.75 Å². The molecule has 0 aliphatic carbocycles. The van der Waals surface area contributed by atoms with Crippen molar-refractivity contribution in [1.29, 1.82) is 0 Å². The number of Topliss-reactive ketones (excluding diaryl/α,β-unsaturated/α-hetero) is 1. The molecule has 1 atom stereocenters. The monoisotopic (exact) mass is 510 g/mol. The lowest BCUT2D eigenvalue weighted by Crippen LogP contribution is -2.42. The minimum Gasteiger partial charge on any atom is -0.497 e. The molecule has 0 fully saturated rings. The molecule has 0 saturated carbocycles. The molecule has 1 amide bonds. The minimum atomic E-state index is -1.35. The number of imidazole rings is 1. The summed E-state index contributed by atoms with van der Waals surface area (Å²) in [6.07, 6.45) is 1.68. The zero-order valence-electron chi connectivity index (χ0n) is 20.4.